The number of carbonyl (C=O) groups is 2. The Labute approximate surface area is 152 Å². The van der Waals surface area contributed by atoms with Gasteiger partial charge in [0, 0.05) is 12.8 Å². The molecule has 3 heteroatoms. The maximum absolute atomic E-state index is 11.6. The zero-order chi connectivity index (χ0) is 18.6. The highest BCUT2D eigenvalue weighted by Crippen LogP contribution is 2.04. The second kappa shape index (κ2) is 18.2. The van der Waals surface area contributed by atoms with Crippen molar-refractivity contribution in [1.29, 1.82) is 0 Å². The quantitative estimate of drug-likeness (QED) is 0.173. The van der Waals surface area contributed by atoms with Crippen LogP contribution >= 0.6 is 0 Å². The summed E-state index contributed by atoms with van der Waals surface area (Å²) in [6, 6.07) is 0. The van der Waals surface area contributed by atoms with Crippen molar-refractivity contribution in [2.45, 2.75) is 64.7 Å². The molecule has 0 heterocycles. The van der Waals surface area contributed by atoms with Crippen molar-refractivity contribution < 1.29 is 14.7 Å². The Kier molecular flexibility index (Phi) is 16.6. The van der Waals surface area contributed by atoms with E-state index < -0.39 is 5.97 Å². The van der Waals surface area contributed by atoms with Crippen molar-refractivity contribution in [2.75, 3.05) is 0 Å². The summed E-state index contributed by atoms with van der Waals surface area (Å²) in [7, 11) is 0. The Morgan fingerprint density at radius 1 is 0.720 bits per heavy atom. The Hall–Kier alpha value is -2.16. The first-order valence-electron chi connectivity index (χ1n) is 9.19. The minimum atomic E-state index is -0.773. The van der Waals surface area contributed by atoms with Gasteiger partial charge in [-0.15, -0.1) is 0 Å². The Balaban J connectivity index is 3.63. The normalized spacial score (nSPS) is 12.5. The molecule has 0 atom stereocenters. The van der Waals surface area contributed by atoms with E-state index in [2.05, 4.69) is 43.4 Å². The lowest BCUT2D eigenvalue weighted by atomic mass is 10.1. The van der Waals surface area contributed by atoms with Crippen LogP contribution in [0.25, 0.3) is 0 Å². The monoisotopic (exact) mass is 344 g/mol. The van der Waals surface area contributed by atoms with Gasteiger partial charge in [-0.2, -0.15) is 0 Å². The standard InChI is InChI=1S/C22H32O3/c1-2-3-4-5-6-7-8-9-10-11-12-13-15-18-21(23)19-16-14-17-20-22(24)25/h3-4,6-7,9-10,12-13,15,18H,2,5,8,11,14,16-17,19-20H2,1H3,(H,24,25)/b4-3-,7-6-,10-9-,13-12-,18-15+. The molecule has 0 aromatic heterocycles. The second-order valence-corrected chi connectivity index (χ2v) is 5.74. The molecule has 0 aliphatic rings. The molecule has 0 radical (unpaired) electrons. The first-order valence-corrected chi connectivity index (χ1v) is 9.19. The number of carboxylic acid groups (broad SMARTS) is 1. The summed E-state index contributed by atoms with van der Waals surface area (Å²) in [5, 5.41) is 8.51. The van der Waals surface area contributed by atoms with Crippen molar-refractivity contribution in [1.82, 2.24) is 0 Å². The molecule has 0 spiro atoms. The van der Waals surface area contributed by atoms with Crippen molar-refractivity contribution in [2.24, 2.45) is 0 Å². The van der Waals surface area contributed by atoms with Gasteiger partial charge in [-0.25, -0.2) is 0 Å². The van der Waals surface area contributed by atoms with E-state index in [0.29, 0.717) is 12.8 Å². The van der Waals surface area contributed by atoms with Gasteiger partial charge in [0.2, 0.25) is 0 Å². The van der Waals surface area contributed by atoms with Crippen molar-refractivity contribution >= 4 is 11.8 Å². The third kappa shape index (κ3) is 19.8. The average Bonchev–Trinajstić information content (AvgIpc) is 2.58. The second-order valence-electron chi connectivity index (χ2n) is 5.74. The van der Waals surface area contributed by atoms with Gasteiger partial charge in [0.25, 0.3) is 0 Å². The van der Waals surface area contributed by atoms with Gasteiger partial charge in [-0.05, 0) is 44.6 Å². The lowest BCUT2D eigenvalue weighted by Gasteiger charge is -1.96. The molecule has 1 N–H and O–H groups in total. The van der Waals surface area contributed by atoms with E-state index in [1.54, 1.807) is 12.2 Å². The molecule has 0 fully saturated rings. The van der Waals surface area contributed by atoms with E-state index in [1.165, 1.54) is 0 Å². The highest BCUT2D eigenvalue weighted by Gasteiger charge is 1.99. The number of rotatable bonds is 15. The van der Waals surface area contributed by atoms with E-state index in [9.17, 15) is 9.59 Å². The van der Waals surface area contributed by atoms with Crippen LogP contribution in [0.4, 0.5) is 0 Å². The summed E-state index contributed by atoms with van der Waals surface area (Å²) in [6.07, 6.45) is 26.9. The summed E-state index contributed by atoms with van der Waals surface area (Å²) in [5.41, 5.74) is 0. The number of hydrogen-bond acceptors (Lipinski definition) is 2. The summed E-state index contributed by atoms with van der Waals surface area (Å²) < 4.78 is 0. The van der Waals surface area contributed by atoms with Crippen LogP contribution in [0.3, 0.4) is 0 Å². The predicted octanol–water partition coefficient (Wildman–Crippen LogP) is 5.95. The highest BCUT2D eigenvalue weighted by atomic mass is 16.4. The molecule has 0 saturated carbocycles. The third-order valence-corrected chi connectivity index (χ3v) is 3.40. The summed E-state index contributed by atoms with van der Waals surface area (Å²) in [5.74, 6) is -0.677. The largest absolute Gasteiger partial charge is 0.481 e. The van der Waals surface area contributed by atoms with Gasteiger partial charge in [-0.3, -0.25) is 9.59 Å². The molecular weight excluding hydrogens is 312 g/mol. The minimum Gasteiger partial charge on any atom is -0.481 e. The average molecular weight is 344 g/mol. The van der Waals surface area contributed by atoms with Gasteiger partial charge in [0.15, 0.2) is 5.78 Å². The summed E-state index contributed by atoms with van der Waals surface area (Å²) >= 11 is 0. The molecule has 138 valence electrons. The lowest BCUT2D eigenvalue weighted by molar-refractivity contribution is -0.137. The number of aliphatic carboxylic acids is 1. The molecule has 0 unspecified atom stereocenters. The lowest BCUT2D eigenvalue weighted by Crippen LogP contribution is -1.95. The smallest absolute Gasteiger partial charge is 0.303 e. The minimum absolute atomic E-state index is 0.0952. The Bertz CT molecular complexity index is 493. The van der Waals surface area contributed by atoms with E-state index in [-0.39, 0.29) is 12.2 Å². The van der Waals surface area contributed by atoms with Gasteiger partial charge in [0.1, 0.15) is 0 Å². The van der Waals surface area contributed by atoms with Crippen LogP contribution in [0.2, 0.25) is 0 Å². The van der Waals surface area contributed by atoms with Gasteiger partial charge >= 0.3 is 5.97 Å². The maximum Gasteiger partial charge on any atom is 0.303 e. The zero-order valence-electron chi connectivity index (χ0n) is 15.4. The molecule has 0 aromatic rings. The van der Waals surface area contributed by atoms with Crippen LogP contribution in [0.1, 0.15) is 64.7 Å². The van der Waals surface area contributed by atoms with Crippen LogP contribution < -0.4 is 0 Å². The number of carbonyl (C=O) groups excluding carboxylic acids is 1. The number of ketones is 1. The van der Waals surface area contributed by atoms with Crippen LogP contribution in [-0.4, -0.2) is 16.9 Å². The molecule has 3 nitrogen and oxygen atoms in total. The maximum atomic E-state index is 11.6. The molecule has 0 saturated heterocycles. The highest BCUT2D eigenvalue weighted by molar-refractivity contribution is 5.89. The molecule has 0 bridgehead atoms. The molecule has 25 heavy (non-hydrogen) atoms. The molecule has 0 aliphatic heterocycles. The van der Waals surface area contributed by atoms with Crippen molar-refractivity contribution in [3.05, 3.63) is 60.8 Å². The SMILES string of the molecule is CC/C=C\C/C=C\C/C=C\C/C=C\C=C\C(=O)CCCCCC(=O)O. The molecule has 0 aromatic carbocycles. The first kappa shape index (κ1) is 22.8. The first-order chi connectivity index (χ1) is 12.2. The third-order valence-electron chi connectivity index (χ3n) is 3.40. The van der Waals surface area contributed by atoms with Crippen LogP contribution in [0.15, 0.2) is 60.8 Å². The number of carboxylic acids is 1. The van der Waals surface area contributed by atoms with Gasteiger partial charge in [-0.1, -0.05) is 68.0 Å². The number of hydrogen-bond donors (Lipinski definition) is 1. The van der Waals surface area contributed by atoms with Crippen LogP contribution in [-0.2, 0) is 9.59 Å². The van der Waals surface area contributed by atoms with Crippen molar-refractivity contribution in [3.8, 4) is 0 Å². The predicted molar refractivity (Wildman–Crippen MR) is 106 cm³/mol. The Morgan fingerprint density at radius 3 is 1.88 bits per heavy atom. The molecule has 0 amide bonds. The Morgan fingerprint density at radius 2 is 1.28 bits per heavy atom. The van der Waals surface area contributed by atoms with Gasteiger partial charge < -0.3 is 5.11 Å². The fourth-order valence-corrected chi connectivity index (χ4v) is 2.04. The zero-order valence-corrected chi connectivity index (χ0v) is 15.4. The molecular formula is C22H32O3. The van der Waals surface area contributed by atoms with Crippen molar-refractivity contribution in [3.63, 3.8) is 0 Å². The van der Waals surface area contributed by atoms with E-state index in [0.717, 1.165) is 38.5 Å². The summed E-state index contributed by atoms with van der Waals surface area (Å²) in [6.45, 7) is 2.13. The van der Waals surface area contributed by atoms with E-state index in [4.69, 9.17) is 5.11 Å². The molecule has 0 rings (SSSR count). The van der Waals surface area contributed by atoms with E-state index >= 15 is 0 Å². The van der Waals surface area contributed by atoms with E-state index in [1.807, 2.05) is 12.2 Å². The summed E-state index contributed by atoms with van der Waals surface area (Å²) in [4.78, 5) is 21.9. The number of allylic oxidation sites excluding steroid dienone is 10. The fourth-order valence-electron chi connectivity index (χ4n) is 2.04. The topological polar surface area (TPSA) is 54.4 Å². The van der Waals surface area contributed by atoms with Gasteiger partial charge in [0.05, 0.1) is 0 Å². The van der Waals surface area contributed by atoms with Crippen LogP contribution in [0, 0.1) is 0 Å². The molecule has 0 aliphatic carbocycles. The number of unbranched alkanes of at least 4 members (excludes halogenated alkanes) is 2. The van der Waals surface area contributed by atoms with Crippen LogP contribution in [0.5, 0.6) is 0 Å². The fraction of sp³-hybridized carbons (Fsp3) is 0.455.